The summed E-state index contributed by atoms with van der Waals surface area (Å²) in [6.07, 6.45) is 4.53. The van der Waals surface area contributed by atoms with Gasteiger partial charge >= 0.3 is 0 Å². The number of phenolic OH excluding ortho intramolecular Hbond substituents is 1. The Hall–Kier alpha value is -7.04. The van der Waals surface area contributed by atoms with Gasteiger partial charge in [0, 0.05) is 25.6 Å². The number of hydrogen-bond acceptors (Lipinski definition) is 3. The van der Waals surface area contributed by atoms with E-state index in [1.54, 1.807) is 6.07 Å². The summed E-state index contributed by atoms with van der Waals surface area (Å²) in [4.78, 5) is 10.5. The molecule has 1 N–H and O–H groups in total. The predicted molar refractivity (Wildman–Crippen MR) is 276 cm³/mol. The van der Waals surface area contributed by atoms with Crippen LogP contribution >= 0.6 is 0 Å². The van der Waals surface area contributed by atoms with Crippen LogP contribution in [0.3, 0.4) is 0 Å². The molecule has 1 saturated carbocycles. The lowest BCUT2D eigenvalue weighted by molar-refractivity contribution is 0.396. The van der Waals surface area contributed by atoms with Crippen molar-refractivity contribution in [3.8, 4) is 67.5 Å². The molecule has 1 fully saturated rings. The van der Waals surface area contributed by atoms with E-state index >= 15 is 0 Å². The summed E-state index contributed by atoms with van der Waals surface area (Å²) in [5.74, 6) is -0.524. The van der Waals surface area contributed by atoms with Gasteiger partial charge in [-0.2, -0.15) is 0 Å². The Kier molecular flexibility index (Phi) is 10.7. The number of nitrogens with zero attached hydrogens (tertiary/aromatic N) is 3. The topological polar surface area (TPSA) is 50.9 Å². The van der Waals surface area contributed by atoms with Crippen molar-refractivity contribution in [2.75, 3.05) is 0 Å². The zero-order valence-electron chi connectivity index (χ0n) is 40.9. The molecule has 4 heteroatoms. The molecule has 0 unspecified atom stereocenters. The quantitative estimate of drug-likeness (QED) is 0.166. The molecule has 0 spiro atoms. The molecular formula is C62H59N3O. The lowest BCUT2D eigenvalue weighted by Gasteiger charge is -2.29. The van der Waals surface area contributed by atoms with Gasteiger partial charge in [0.1, 0.15) is 11.6 Å². The van der Waals surface area contributed by atoms with Crippen molar-refractivity contribution >= 4 is 11.0 Å². The third-order valence-corrected chi connectivity index (χ3v) is 13.4. The van der Waals surface area contributed by atoms with Gasteiger partial charge in [-0.05, 0) is 147 Å². The largest absolute Gasteiger partial charge is 0.507 e. The number of para-hydroxylation sites is 2. The fourth-order valence-corrected chi connectivity index (χ4v) is 9.60. The van der Waals surface area contributed by atoms with Crippen LogP contribution in [0.15, 0.2) is 182 Å². The Balaban J connectivity index is 1.06. The third-order valence-electron chi connectivity index (χ3n) is 13.4. The van der Waals surface area contributed by atoms with Crippen LogP contribution in [-0.2, 0) is 10.8 Å². The molecule has 7 aromatic carbocycles. The van der Waals surface area contributed by atoms with Crippen LogP contribution in [-0.4, -0.2) is 19.6 Å². The molecule has 66 heavy (non-hydrogen) atoms. The normalized spacial score (nSPS) is 18.2. The molecule has 2 aromatic heterocycles. The fraction of sp³-hybridized carbons (Fsp3) is 0.226. The number of pyridine rings is 1. The highest BCUT2D eigenvalue weighted by molar-refractivity contribution is 5.97. The number of aromatic hydroxyl groups is 1. The SMILES string of the molecule is [2H]C1(c2ccccc2)CCC([2H])(c2ccc(-c3ccnc(-c4cc(-c5cccc6c5nc(-c5ccccc5O)n6-c5ccc(C(C)(C)C)cc5-c5ccccc5)cc(C(C)(C)C)c4)c3)cc2)CC1. The van der Waals surface area contributed by atoms with Crippen molar-refractivity contribution in [2.24, 2.45) is 0 Å². The number of imidazole rings is 1. The molecule has 1 aliphatic carbocycles. The van der Waals surface area contributed by atoms with Crippen molar-refractivity contribution in [3.63, 3.8) is 0 Å². The highest BCUT2D eigenvalue weighted by atomic mass is 16.3. The summed E-state index contributed by atoms with van der Waals surface area (Å²) in [7, 11) is 0. The number of aromatic nitrogens is 3. The first kappa shape index (κ1) is 40.5. The minimum Gasteiger partial charge on any atom is -0.507 e. The molecule has 4 nitrogen and oxygen atoms in total. The van der Waals surface area contributed by atoms with Gasteiger partial charge in [0.15, 0.2) is 0 Å². The van der Waals surface area contributed by atoms with Crippen LogP contribution in [0.25, 0.3) is 72.7 Å². The Morgan fingerprint density at radius 2 is 1.12 bits per heavy atom. The lowest BCUT2D eigenvalue weighted by Crippen LogP contribution is -2.12. The Labute approximate surface area is 393 Å². The summed E-state index contributed by atoms with van der Waals surface area (Å²) < 4.78 is 20.9. The molecule has 0 bridgehead atoms. The summed E-state index contributed by atoms with van der Waals surface area (Å²) in [6, 6.07) is 60.8. The predicted octanol–water partition coefficient (Wildman–Crippen LogP) is 16.5. The van der Waals surface area contributed by atoms with Gasteiger partial charge < -0.3 is 5.11 Å². The molecule has 1 aliphatic rings. The summed E-state index contributed by atoms with van der Waals surface area (Å²) in [5.41, 5.74) is 15.9. The molecule has 10 rings (SSSR count). The highest BCUT2D eigenvalue weighted by Crippen LogP contribution is 2.44. The van der Waals surface area contributed by atoms with Gasteiger partial charge in [-0.3, -0.25) is 9.55 Å². The zero-order valence-corrected chi connectivity index (χ0v) is 38.9. The summed E-state index contributed by atoms with van der Waals surface area (Å²) in [6.45, 7) is 13.5. The van der Waals surface area contributed by atoms with Gasteiger partial charge in [-0.15, -0.1) is 0 Å². The van der Waals surface area contributed by atoms with Crippen molar-refractivity contribution in [3.05, 3.63) is 204 Å². The summed E-state index contributed by atoms with van der Waals surface area (Å²) >= 11 is 0. The third kappa shape index (κ3) is 8.49. The first-order chi connectivity index (χ1) is 32.6. The molecule has 0 atom stereocenters. The smallest absolute Gasteiger partial charge is 0.149 e. The second-order valence-corrected chi connectivity index (χ2v) is 19.9. The summed E-state index contributed by atoms with van der Waals surface area (Å²) in [5, 5.41) is 11.4. The van der Waals surface area contributed by atoms with Gasteiger partial charge in [-0.25, -0.2) is 4.98 Å². The first-order valence-electron chi connectivity index (χ1n) is 24.4. The minimum atomic E-state index is -0.715. The number of hydrogen-bond donors (Lipinski definition) is 1. The molecule has 328 valence electrons. The van der Waals surface area contributed by atoms with Gasteiger partial charge in [0.2, 0.25) is 0 Å². The maximum atomic E-state index is 11.4. The van der Waals surface area contributed by atoms with Crippen LogP contribution in [0.2, 0.25) is 0 Å². The second-order valence-electron chi connectivity index (χ2n) is 19.9. The zero-order chi connectivity index (χ0) is 47.4. The lowest BCUT2D eigenvalue weighted by atomic mass is 9.76. The average Bonchev–Trinajstić information content (AvgIpc) is 3.74. The van der Waals surface area contributed by atoms with Crippen molar-refractivity contribution in [1.82, 2.24) is 14.5 Å². The van der Waals surface area contributed by atoms with Crippen LogP contribution in [0.4, 0.5) is 0 Å². The maximum Gasteiger partial charge on any atom is 0.149 e. The Morgan fingerprint density at radius 3 is 1.80 bits per heavy atom. The Bertz CT molecular complexity index is 3280. The minimum absolute atomic E-state index is 0.0663. The van der Waals surface area contributed by atoms with Gasteiger partial charge in [0.05, 0.1) is 28.0 Å². The van der Waals surface area contributed by atoms with Crippen molar-refractivity contribution < 1.29 is 7.85 Å². The molecule has 0 saturated heterocycles. The van der Waals surface area contributed by atoms with E-state index in [9.17, 15) is 7.85 Å². The van der Waals surface area contributed by atoms with Crippen LogP contribution in [0, 0.1) is 0 Å². The number of rotatable bonds is 8. The average molecular weight is 864 g/mol. The number of benzene rings is 7. The Morgan fingerprint density at radius 1 is 0.500 bits per heavy atom. The number of phenols is 1. The van der Waals surface area contributed by atoms with E-state index in [2.05, 4.69) is 174 Å². The van der Waals surface area contributed by atoms with Gasteiger partial charge in [-0.1, -0.05) is 163 Å². The van der Waals surface area contributed by atoms with E-state index in [1.165, 1.54) is 11.1 Å². The van der Waals surface area contributed by atoms with Gasteiger partial charge in [0.25, 0.3) is 0 Å². The van der Waals surface area contributed by atoms with Crippen molar-refractivity contribution in [1.29, 1.82) is 0 Å². The van der Waals surface area contributed by atoms with Crippen molar-refractivity contribution in [2.45, 2.75) is 89.8 Å². The van der Waals surface area contributed by atoms with E-state index in [1.807, 2.05) is 48.7 Å². The second kappa shape index (κ2) is 17.4. The van der Waals surface area contributed by atoms with E-state index in [0.717, 1.165) is 72.5 Å². The maximum absolute atomic E-state index is 11.4. The van der Waals surface area contributed by atoms with E-state index in [-0.39, 0.29) is 16.6 Å². The van der Waals surface area contributed by atoms with Crippen LogP contribution in [0.5, 0.6) is 5.75 Å². The van der Waals surface area contributed by atoms with E-state index in [0.29, 0.717) is 37.1 Å². The standard InChI is InChI=1S/C62H59N3O/c1-61(2,3)50-32-33-56(54(40-50)46-18-11-8-12-19-46)65-57-22-15-21-52(59(57)64-60(65)53-20-13-14-23-58(53)66)48-36-49(38-51(37-48)62(4,5)6)55-39-47(34-35-63-55)45-30-28-44(29-31-45)43-26-24-42(25-27-43)41-16-9-7-10-17-41/h7-23,28-40,42-43,66H,24-27H2,1-6H3/i42D,43D. The first-order valence-corrected chi connectivity index (χ1v) is 23.4. The molecule has 0 radical (unpaired) electrons. The molecule has 0 aliphatic heterocycles. The molecule has 0 amide bonds. The van der Waals surface area contributed by atoms with E-state index < -0.39 is 11.8 Å². The monoisotopic (exact) mass is 863 g/mol. The molecule has 2 heterocycles. The van der Waals surface area contributed by atoms with Crippen LogP contribution < -0.4 is 0 Å². The number of fused-ring (bicyclic) bond motifs is 1. The molecular weight excluding hydrogens is 803 g/mol. The highest BCUT2D eigenvalue weighted by Gasteiger charge is 2.26. The molecule has 9 aromatic rings. The fourth-order valence-electron chi connectivity index (χ4n) is 9.60. The van der Waals surface area contributed by atoms with E-state index in [4.69, 9.17) is 9.97 Å². The van der Waals surface area contributed by atoms with Crippen LogP contribution in [0.1, 0.15) is 104 Å².